The lowest BCUT2D eigenvalue weighted by molar-refractivity contribution is -0.158. The minimum absolute atomic E-state index is 0.0668. The van der Waals surface area contributed by atoms with Crippen LogP contribution in [0, 0.1) is 12.8 Å². The number of carbonyl (C=O) groups is 2. The lowest BCUT2D eigenvalue weighted by Crippen LogP contribution is -2.46. The Labute approximate surface area is 230 Å². The molecule has 1 heterocycles. The van der Waals surface area contributed by atoms with Gasteiger partial charge in [0.1, 0.15) is 17.4 Å². The predicted molar refractivity (Wildman–Crippen MR) is 151 cm³/mol. The third-order valence-corrected chi connectivity index (χ3v) is 7.28. The summed E-state index contributed by atoms with van der Waals surface area (Å²) >= 11 is 0. The normalized spacial score (nSPS) is 14.2. The first kappa shape index (κ1) is 27.5. The number of benzene rings is 3. The van der Waals surface area contributed by atoms with Gasteiger partial charge in [-0.25, -0.2) is 0 Å². The fourth-order valence-corrected chi connectivity index (χ4v) is 5.03. The number of hydrogen-bond acceptors (Lipinski definition) is 4. The molecule has 1 saturated carbocycles. The summed E-state index contributed by atoms with van der Waals surface area (Å²) in [6, 6.07) is 16.1. The maximum absolute atomic E-state index is 13.5. The van der Waals surface area contributed by atoms with Gasteiger partial charge in [0.05, 0.1) is 5.56 Å². The topological polar surface area (TPSA) is 71.3 Å². The smallest absolute Gasteiger partial charge is 0.408 e. The summed E-state index contributed by atoms with van der Waals surface area (Å²) in [7, 11) is 0. The molecule has 8 heteroatoms. The van der Waals surface area contributed by atoms with Crippen LogP contribution in [0.2, 0.25) is 0 Å². The van der Waals surface area contributed by atoms with Gasteiger partial charge in [0.15, 0.2) is 5.78 Å². The van der Waals surface area contributed by atoms with Gasteiger partial charge < -0.3 is 15.1 Å². The summed E-state index contributed by atoms with van der Waals surface area (Å²) < 4.78 is 46.9. The Morgan fingerprint density at radius 3 is 2.35 bits per heavy atom. The molecule has 2 N–H and O–H groups in total. The summed E-state index contributed by atoms with van der Waals surface area (Å²) in [6.45, 7) is 6.32. The van der Waals surface area contributed by atoms with E-state index in [4.69, 9.17) is 4.42 Å². The number of ketones is 1. The Bertz CT molecular complexity index is 1570. The molecule has 4 aromatic rings. The average Bonchev–Trinajstić information content (AvgIpc) is 3.70. The summed E-state index contributed by atoms with van der Waals surface area (Å²) in [5.74, 6) is -0.919. The number of aryl methyl sites for hydroxylation is 1. The van der Waals surface area contributed by atoms with E-state index in [1.54, 1.807) is 25.1 Å². The highest BCUT2D eigenvalue weighted by molar-refractivity contribution is 6.13. The molecular formula is C32H31F3N2O3. The first-order valence-corrected chi connectivity index (χ1v) is 13.5. The molecule has 0 aliphatic heterocycles. The van der Waals surface area contributed by atoms with Crippen molar-refractivity contribution in [1.29, 1.82) is 0 Å². The molecular weight excluding hydrogens is 517 g/mol. The highest BCUT2D eigenvalue weighted by atomic mass is 19.4. The van der Waals surface area contributed by atoms with Crippen LogP contribution in [0.1, 0.15) is 59.4 Å². The van der Waals surface area contributed by atoms with E-state index in [1.165, 1.54) is 6.07 Å². The van der Waals surface area contributed by atoms with Gasteiger partial charge in [-0.2, -0.15) is 13.2 Å². The maximum Gasteiger partial charge on any atom is 0.408 e. The Morgan fingerprint density at radius 1 is 1.00 bits per heavy atom. The number of alkyl halides is 3. The third kappa shape index (κ3) is 5.48. The summed E-state index contributed by atoms with van der Waals surface area (Å²) in [6.07, 6.45) is -3.32. The molecule has 0 radical (unpaired) electrons. The van der Waals surface area contributed by atoms with Crippen LogP contribution in [0.15, 0.2) is 65.1 Å². The first-order chi connectivity index (χ1) is 19.1. The van der Waals surface area contributed by atoms with Crippen LogP contribution in [-0.2, 0) is 0 Å². The number of nitrogens with one attached hydrogen (secondary N) is 2. The van der Waals surface area contributed by atoms with E-state index in [0.717, 1.165) is 16.8 Å². The van der Waals surface area contributed by atoms with Gasteiger partial charge in [-0.1, -0.05) is 48.9 Å². The van der Waals surface area contributed by atoms with Crippen LogP contribution in [0.5, 0.6) is 0 Å². The number of carbonyl (C=O) groups excluding carboxylic acids is 2. The molecule has 1 fully saturated rings. The van der Waals surface area contributed by atoms with Crippen LogP contribution in [0.4, 0.5) is 18.9 Å². The molecule has 0 saturated heterocycles. The predicted octanol–water partition coefficient (Wildman–Crippen LogP) is 8.17. The van der Waals surface area contributed by atoms with Crippen LogP contribution in [0.25, 0.3) is 33.4 Å². The van der Waals surface area contributed by atoms with Crippen LogP contribution in [0.3, 0.4) is 0 Å². The van der Waals surface area contributed by atoms with E-state index < -0.39 is 24.0 Å². The van der Waals surface area contributed by atoms with Crippen LogP contribution in [-0.4, -0.2) is 30.5 Å². The molecule has 40 heavy (non-hydrogen) atoms. The van der Waals surface area contributed by atoms with E-state index in [9.17, 15) is 22.8 Å². The monoisotopic (exact) mass is 548 g/mol. The minimum atomic E-state index is -4.50. The number of rotatable bonds is 9. The van der Waals surface area contributed by atoms with E-state index in [2.05, 4.69) is 10.6 Å². The highest BCUT2D eigenvalue weighted by Crippen LogP contribution is 2.42. The molecule has 1 amide bonds. The average molecular weight is 549 g/mol. The second kappa shape index (κ2) is 10.8. The standard InChI is InChI=1S/C32H31F3N2O3/c1-4-26(38)28-24-16-23(25(36-5-2)17-27(24)40-29(28)19-11-9-18(3)10-12-19)21-7-6-8-22(15-21)31(39)37-30(20-13-14-20)32(33,34)35/h6-12,15-17,20,30,36H,4-5,13-14H2,1-3H3,(H,37,39). The van der Waals surface area contributed by atoms with Crippen molar-refractivity contribution >= 4 is 28.3 Å². The Morgan fingerprint density at radius 2 is 1.73 bits per heavy atom. The molecule has 1 aliphatic rings. The lowest BCUT2D eigenvalue weighted by Gasteiger charge is -2.21. The maximum atomic E-state index is 13.5. The van der Waals surface area contributed by atoms with Crippen LogP contribution < -0.4 is 10.6 Å². The number of amides is 1. The SMILES string of the molecule is CCNc1cc2oc(-c3ccc(C)cc3)c(C(=O)CC)c2cc1-c1cccc(C(=O)NC(C2CC2)C(F)(F)F)c1. The Hall–Kier alpha value is -4.07. The quantitative estimate of drug-likeness (QED) is 0.207. The van der Waals surface area contributed by atoms with Crippen molar-refractivity contribution in [3.8, 4) is 22.5 Å². The molecule has 5 nitrogen and oxygen atoms in total. The molecule has 0 spiro atoms. The van der Waals surface area contributed by atoms with Gasteiger partial charge in [0.25, 0.3) is 5.91 Å². The number of fused-ring (bicyclic) bond motifs is 1. The van der Waals surface area contributed by atoms with Crippen molar-refractivity contribution in [3.63, 3.8) is 0 Å². The van der Waals surface area contributed by atoms with Crippen molar-refractivity contribution in [2.75, 3.05) is 11.9 Å². The van der Waals surface area contributed by atoms with Gasteiger partial charge in [0.2, 0.25) is 0 Å². The number of Topliss-reactive ketones (excluding diaryl/α,β-unsaturated/α-hetero) is 1. The number of hydrogen-bond donors (Lipinski definition) is 2. The fourth-order valence-electron chi connectivity index (χ4n) is 5.03. The summed E-state index contributed by atoms with van der Waals surface area (Å²) in [4.78, 5) is 26.1. The second-order valence-electron chi connectivity index (χ2n) is 10.3. The van der Waals surface area contributed by atoms with Crippen molar-refractivity contribution in [1.82, 2.24) is 5.32 Å². The van der Waals surface area contributed by atoms with Gasteiger partial charge in [-0.3, -0.25) is 9.59 Å². The van der Waals surface area contributed by atoms with Crippen LogP contribution >= 0.6 is 0 Å². The van der Waals surface area contributed by atoms with Crippen molar-refractivity contribution in [2.45, 2.75) is 52.3 Å². The molecule has 1 unspecified atom stereocenters. The molecule has 208 valence electrons. The molecule has 0 bridgehead atoms. The van der Waals surface area contributed by atoms with Crippen molar-refractivity contribution in [3.05, 3.63) is 77.4 Å². The van der Waals surface area contributed by atoms with Gasteiger partial charge in [0, 0.05) is 46.8 Å². The fraction of sp³-hybridized carbons (Fsp3) is 0.312. The Balaban J connectivity index is 1.60. The zero-order valence-corrected chi connectivity index (χ0v) is 22.6. The molecule has 1 aromatic heterocycles. The first-order valence-electron chi connectivity index (χ1n) is 13.5. The van der Waals surface area contributed by atoms with E-state index in [-0.39, 0.29) is 17.8 Å². The zero-order chi connectivity index (χ0) is 28.6. The number of halogens is 3. The lowest BCUT2D eigenvalue weighted by atomic mass is 9.95. The van der Waals surface area contributed by atoms with E-state index in [0.29, 0.717) is 52.8 Å². The van der Waals surface area contributed by atoms with Gasteiger partial charge in [-0.05, 0) is 56.4 Å². The molecule has 1 aliphatic carbocycles. The van der Waals surface area contributed by atoms with E-state index in [1.807, 2.05) is 50.2 Å². The largest absolute Gasteiger partial charge is 0.455 e. The Kier molecular flexibility index (Phi) is 7.45. The number of anilines is 1. The van der Waals surface area contributed by atoms with Crippen molar-refractivity contribution in [2.24, 2.45) is 5.92 Å². The highest BCUT2D eigenvalue weighted by Gasteiger charge is 2.49. The molecule has 5 rings (SSSR count). The third-order valence-electron chi connectivity index (χ3n) is 7.28. The van der Waals surface area contributed by atoms with Gasteiger partial charge >= 0.3 is 6.18 Å². The number of furan rings is 1. The summed E-state index contributed by atoms with van der Waals surface area (Å²) in [5.41, 5.74) is 5.09. The van der Waals surface area contributed by atoms with Crippen molar-refractivity contribution < 1.29 is 27.2 Å². The van der Waals surface area contributed by atoms with Gasteiger partial charge in [-0.15, -0.1) is 0 Å². The minimum Gasteiger partial charge on any atom is -0.455 e. The molecule has 1 atom stereocenters. The molecule has 3 aromatic carbocycles. The van der Waals surface area contributed by atoms with E-state index >= 15 is 0 Å². The second-order valence-corrected chi connectivity index (χ2v) is 10.3. The zero-order valence-electron chi connectivity index (χ0n) is 22.6. The summed E-state index contributed by atoms with van der Waals surface area (Å²) in [5, 5.41) is 6.16.